The number of nitrogens with one attached hydrogen (secondary N) is 1. The molecule has 0 radical (unpaired) electrons. The second-order valence-corrected chi connectivity index (χ2v) is 8.46. The number of aliphatic carboxylic acids is 1. The second kappa shape index (κ2) is 10.6. The maximum atomic E-state index is 14.9. The highest BCUT2D eigenvalue weighted by atomic mass is 19.2. The first-order chi connectivity index (χ1) is 15.2. The van der Waals surface area contributed by atoms with Gasteiger partial charge in [0.2, 0.25) is 0 Å². The van der Waals surface area contributed by atoms with Crippen molar-refractivity contribution in [2.75, 3.05) is 0 Å². The van der Waals surface area contributed by atoms with E-state index in [2.05, 4.69) is 10.3 Å². The maximum Gasteiger partial charge on any atom is 0.306 e. The lowest BCUT2D eigenvalue weighted by Gasteiger charge is -2.26. The second-order valence-electron chi connectivity index (χ2n) is 8.46. The Hall–Kier alpha value is -2.90. The van der Waals surface area contributed by atoms with E-state index in [1.807, 2.05) is 0 Å². The third-order valence-corrected chi connectivity index (χ3v) is 6.03. The number of carbonyl (C=O) groups is 2. The van der Waals surface area contributed by atoms with Gasteiger partial charge in [0.25, 0.3) is 5.91 Å². The van der Waals surface area contributed by atoms with Gasteiger partial charge in [-0.15, -0.1) is 0 Å². The molecule has 2 N–H and O–H groups in total. The predicted molar refractivity (Wildman–Crippen MR) is 113 cm³/mol. The molecule has 0 aliphatic heterocycles. The zero-order valence-corrected chi connectivity index (χ0v) is 17.9. The molecule has 1 amide bonds. The van der Waals surface area contributed by atoms with Gasteiger partial charge in [-0.1, -0.05) is 6.07 Å². The Labute approximate surface area is 185 Å². The summed E-state index contributed by atoms with van der Waals surface area (Å²) in [6.07, 6.45) is 2.54. The van der Waals surface area contributed by atoms with Gasteiger partial charge in [-0.2, -0.15) is 0 Å². The molecule has 0 bridgehead atoms. The molecule has 1 unspecified atom stereocenters. The number of rotatable bonds is 8. The van der Waals surface area contributed by atoms with Crippen molar-refractivity contribution < 1.29 is 27.9 Å². The van der Waals surface area contributed by atoms with Crippen molar-refractivity contribution >= 4 is 11.9 Å². The molecule has 1 atom stereocenters. The largest absolute Gasteiger partial charge is 0.481 e. The van der Waals surface area contributed by atoms with E-state index in [0.29, 0.717) is 48.4 Å². The Balaban J connectivity index is 1.56. The molecule has 1 aliphatic rings. The molecule has 1 heterocycles. The molecule has 5 nitrogen and oxygen atoms in total. The van der Waals surface area contributed by atoms with Crippen LogP contribution in [0.2, 0.25) is 0 Å². The minimum Gasteiger partial charge on any atom is -0.481 e. The van der Waals surface area contributed by atoms with Crippen molar-refractivity contribution in [3.05, 3.63) is 64.5 Å². The summed E-state index contributed by atoms with van der Waals surface area (Å²) in [6, 6.07) is 6.39. The Bertz CT molecular complexity index is 975. The van der Waals surface area contributed by atoms with Crippen molar-refractivity contribution in [2.45, 2.75) is 58.2 Å². The fraction of sp³-hybridized carbons (Fsp3) is 0.458. The Morgan fingerprint density at radius 2 is 1.84 bits per heavy atom. The lowest BCUT2D eigenvalue weighted by Crippen LogP contribution is -2.24. The third kappa shape index (κ3) is 6.31. The summed E-state index contributed by atoms with van der Waals surface area (Å²) in [5.41, 5.74) is 1.33. The summed E-state index contributed by atoms with van der Waals surface area (Å²) in [6.45, 7) is 1.66. The van der Waals surface area contributed by atoms with Crippen LogP contribution in [0.5, 0.6) is 0 Å². The minimum atomic E-state index is -1.26. The van der Waals surface area contributed by atoms with E-state index >= 15 is 0 Å². The Morgan fingerprint density at radius 3 is 2.50 bits per heavy atom. The van der Waals surface area contributed by atoms with Gasteiger partial charge in [-0.25, -0.2) is 18.2 Å². The summed E-state index contributed by atoms with van der Waals surface area (Å²) in [5.74, 6) is -3.22. The fourth-order valence-corrected chi connectivity index (χ4v) is 4.16. The molecule has 32 heavy (non-hydrogen) atoms. The number of nitrogens with zero attached hydrogens (tertiary/aromatic N) is 1. The predicted octanol–water partition coefficient (Wildman–Crippen LogP) is 5.28. The van der Waals surface area contributed by atoms with Crippen molar-refractivity contribution in [3.63, 3.8) is 0 Å². The van der Waals surface area contributed by atoms with Crippen LogP contribution >= 0.6 is 0 Å². The fourth-order valence-electron chi connectivity index (χ4n) is 4.16. The number of aryl methyl sites for hydroxylation is 1. The van der Waals surface area contributed by atoms with E-state index < -0.39 is 29.7 Å². The summed E-state index contributed by atoms with van der Waals surface area (Å²) >= 11 is 0. The van der Waals surface area contributed by atoms with E-state index in [0.717, 1.165) is 25.0 Å². The standard InChI is InChI=1S/C24H27F3N2O3/c1-14-10-18(19(25)8-4-15-2-6-17(7-3-15)24(31)32)12-22(29-14)23(30)28-13-16-5-9-20(26)21(27)11-16/h5,9-12,15,17,19H,2-4,6-8,13H2,1H3,(H,28,30)(H,31,32). The van der Waals surface area contributed by atoms with Crippen LogP contribution in [-0.4, -0.2) is 22.0 Å². The van der Waals surface area contributed by atoms with Crippen molar-refractivity contribution in [1.82, 2.24) is 10.3 Å². The van der Waals surface area contributed by atoms with E-state index in [1.54, 1.807) is 13.0 Å². The smallest absolute Gasteiger partial charge is 0.306 e. The number of amides is 1. The van der Waals surface area contributed by atoms with Gasteiger partial charge in [-0.3, -0.25) is 9.59 Å². The monoisotopic (exact) mass is 448 g/mol. The molecule has 2 aromatic rings. The van der Waals surface area contributed by atoms with E-state index in [9.17, 15) is 22.8 Å². The van der Waals surface area contributed by atoms with Gasteiger partial charge in [0, 0.05) is 12.2 Å². The minimum absolute atomic E-state index is 0.0148. The maximum absolute atomic E-state index is 14.9. The molecule has 172 valence electrons. The highest BCUT2D eigenvalue weighted by molar-refractivity contribution is 5.92. The zero-order valence-electron chi connectivity index (χ0n) is 17.9. The van der Waals surface area contributed by atoms with Crippen LogP contribution in [0.15, 0.2) is 30.3 Å². The molecule has 0 spiro atoms. The first kappa shape index (κ1) is 23.8. The third-order valence-electron chi connectivity index (χ3n) is 6.03. The number of hydrogen-bond donors (Lipinski definition) is 2. The summed E-state index contributed by atoms with van der Waals surface area (Å²) in [4.78, 5) is 27.7. The van der Waals surface area contributed by atoms with Crippen LogP contribution < -0.4 is 5.32 Å². The van der Waals surface area contributed by atoms with E-state index in [-0.39, 0.29) is 18.2 Å². The van der Waals surface area contributed by atoms with E-state index in [4.69, 9.17) is 5.11 Å². The SMILES string of the molecule is Cc1cc(C(F)CCC2CCC(C(=O)O)CC2)cc(C(=O)NCc2ccc(F)c(F)c2)n1. The van der Waals surface area contributed by atoms with Gasteiger partial charge < -0.3 is 10.4 Å². The van der Waals surface area contributed by atoms with Crippen molar-refractivity contribution in [1.29, 1.82) is 0 Å². The van der Waals surface area contributed by atoms with Gasteiger partial charge in [0.15, 0.2) is 11.6 Å². The van der Waals surface area contributed by atoms with Gasteiger partial charge >= 0.3 is 5.97 Å². The number of carboxylic acid groups (broad SMARTS) is 1. The lowest BCUT2D eigenvalue weighted by molar-refractivity contribution is -0.143. The summed E-state index contributed by atoms with van der Waals surface area (Å²) < 4.78 is 41.3. The molecular weight excluding hydrogens is 421 g/mol. The molecule has 1 aromatic heterocycles. The number of carbonyl (C=O) groups excluding carboxylic acids is 1. The first-order valence-corrected chi connectivity index (χ1v) is 10.8. The topological polar surface area (TPSA) is 79.3 Å². The number of aromatic nitrogens is 1. The Kier molecular flexibility index (Phi) is 7.88. The molecule has 8 heteroatoms. The molecule has 1 saturated carbocycles. The summed E-state index contributed by atoms with van der Waals surface area (Å²) in [5, 5.41) is 11.7. The number of benzene rings is 1. The van der Waals surface area contributed by atoms with E-state index in [1.165, 1.54) is 12.1 Å². The average Bonchev–Trinajstić information content (AvgIpc) is 2.77. The number of carboxylic acids is 1. The zero-order chi connectivity index (χ0) is 23.3. The average molecular weight is 448 g/mol. The molecule has 1 aliphatic carbocycles. The number of alkyl halides is 1. The lowest BCUT2D eigenvalue weighted by atomic mass is 9.79. The molecule has 1 aromatic carbocycles. The van der Waals surface area contributed by atoms with Crippen molar-refractivity contribution in [3.8, 4) is 0 Å². The normalized spacial score (nSPS) is 19.4. The van der Waals surface area contributed by atoms with Crippen molar-refractivity contribution in [2.24, 2.45) is 11.8 Å². The Morgan fingerprint density at radius 1 is 1.12 bits per heavy atom. The van der Waals surface area contributed by atoms with Crippen LogP contribution in [-0.2, 0) is 11.3 Å². The van der Waals surface area contributed by atoms with Crippen LogP contribution in [0.3, 0.4) is 0 Å². The highest BCUT2D eigenvalue weighted by Crippen LogP contribution is 2.34. The van der Waals surface area contributed by atoms with Crippen LogP contribution in [0.1, 0.15) is 72.0 Å². The van der Waals surface area contributed by atoms with Crippen LogP contribution in [0.4, 0.5) is 13.2 Å². The molecule has 3 rings (SSSR count). The first-order valence-electron chi connectivity index (χ1n) is 10.8. The van der Waals surface area contributed by atoms with Gasteiger partial charge in [0.05, 0.1) is 5.92 Å². The molecule has 1 fully saturated rings. The number of pyridine rings is 1. The summed E-state index contributed by atoms with van der Waals surface area (Å²) in [7, 11) is 0. The van der Waals surface area contributed by atoms with Crippen LogP contribution in [0.25, 0.3) is 0 Å². The van der Waals surface area contributed by atoms with Gasteiger partial charge in [-0.05, 0) is 86.8 Å². The highest BCUT2D eigenvalue weighted by Gasteiger charge is 2.26. The van der Waals surface area contributed by atoms with Crippen LogP contribution in [0, 0.1) is 30.4 Å². The molecular formula is C24H27F3N2O3. The number of halogens is 3. The number of hydrogen-bond acceptors (Lipinski definition) is 3. The molecule has 0 saturated heterocycles. The quantitative estimate of drug-likeness (QED) is 0.576. The van der Waals surface area contributed by atoms with Gasteiger partial charge in [0.1, 0.15) is 11.9 Å².